The van der Waals surface area contributed by atoms with E-state index in [1.54, 1.807) is 0 Å². The van der Waals surface area contributed by atoms with Crippen molar-refractivity contribution < 1.29 is 9.59 Å². The number of likely N-dealkylation sites (tertiary alicyclic amines) is 1. The van der Waals surface area contributed by atoms with Crippen LogP contribution in [0.15, 0.2) is 36.4 Å². The first-order chi connectivity index (χ1) is 11.7. The monoisotopic (exact) mass is 326 g/mol. The summed E-state index contributed by atoms with van der Waals surface area (Å²) in [6, 6.07) is 10.6. The van der Waals surface area contributed by atoms with Gasteiger partial charge in [0, 0.05) is 32.5 Å². The summed E-state index contributed by atoms with van der Waals surface area (Å²) in [5, 5.41) is 0. The number of imide groups is 1. The lowest BCUT2D eigenvalue weighted by Crippen LogP contribution is -2.40. The Hall–Kier alpha value is -1.94. The lowest BCUT2D eigenvalue weighted by atomic mass is 9.99. The van der Waals surface area contributed by atoms with Crippen LogP contribution in [-0.4, -0.2) is 47.8 Å². The minimum atomic E-state index is 0.0136. The molecule has 0 bridgehead atoms. The molecule has 3 rings (SSSR count). The van der Waals surface area contributed by atoms with Gasteiger partial charge in [0.2, 0.25) is 11.8 Å². The molecule has 0 atom stereocenters. The van der Waals surface area contributed by atoms with Crippen molar-refractivity contribution in [2.24, 2.45) is 0 Å². The van der Waals surface area contributed by atoms with E-state index in [4.69, 9.17) is 0 Å². The quantitative estimate of drug-likeness (QED) is 0.596. The Labute approximate surface area is 144 Å². The number of nitrogens with zero attached hydrogens (tertiary/aromatic N) is 2. The SMILES string of the molecule is O=C1CCCC(=O)N1CCCCN1CC=C(c2ccccc2)CC1. The first kappa shape index (κ1) is 16.9. The van der Waals surface area contributed by atoms with Crippen molar-refractivity contribution >= 4 is 17.4 Å². The van der Waals surface area contributed by atoms with Crippen molar-refractivity contribution in [1.82, 2.24) is 9.80 Å². The fraction of sp³-hybridized carbons (Fsp3) is 0.500. The molecule has 4 nitrogen and oxygen atoms in total. The molecule has 1 aromatic carbocycles. The minimum absolute atomic E-state index is 0.0136. The number of piperidine rings is 1. The lowest BCUT2D eigenvalue weighted by molar-refractivity contribution is -0.148. The van der Waals surface area contributed by atoms with E-state index in [2.05, 4.69) is 41.3 Å². The standard InChI is InChI=1S/C20H26N2O2/c23-19-9-6-10-20(24)22(19)14-5-4-13-21-15-11-18(12-16-21)17-7-2-1-3-8-17/h1-3,7-8,11H,4-6,9-10,12-16H2. The molecule has 1 saturated heterocycles. The fourth-order valence-corrected chi connectivity index (χ4v) is 3.48. The molecule has 2 amide bonds. The summed E-state index contributed by atoms with van der Waals surface area (Å²) in [6.45, 7) is 3.71. The zero-order valence-corrected chi connectivity index (χ0v) is 14.2. The maximum Gasteiger partial charge on any atom is 0.229 e. The van der Waals surface area contributed by atoms with Gasteiger partial charge in [0.15, 0.2) is 0 Å². The minimum Gasteiger partial charge on any atom is -0.299 e. The van der Waals surface area contributed by atoms with Crippen LogP contribution in [0.4, 0.5) is 0 Å². The number of amides is 2. The number of hydrogen-bond donors (Lipinski definition) is 0. The van der Waals surface area contributed by atoms with Gasteiger partial charge in [0.05, 0.1) is 0 Å². The zero-order chi connectivity index (χ0) is 16.8. The van der Waals surface area contributed by atoms with Crippen LogP contribution in [0.2, 0.25) is 0 Å². The van der Waals surface area contributed by atoms with E-state index in [9.17, 15) is 9.59 Å². The van der Waals surface area contributed by atoms with E-state index < -0.39 is 0 Å². The molecule has 4 heteroatoms. The molecule has 24 heavy (non-hydrogen) atoms. The van der Waals surface area contributed by atoms with E-state index in [1.807, 2.05) is 0 Å². The van der Waals surface area contributed by atoms with Crippen molar-refractivity contribution in [3.63, 3.8) is 0 Å². The summed E-state index contributed by atoms with van der Waals surface area (Å²) >= 11 is 0. The number of hydrogen-bond acceptors (Lipinski definition) is 3. The average Bonchev–Trinajstić information content (AvgIpc) is 2.62. The highest BCUT2D eigenvalue weighted by Gasteiger charge is 2.25. The maximum atomic E-state index is 11.8. The second kappa shape index (κ2) is 8.25. The van der Waals surface area contributed by atoms with Gasteiger partial charge >= 0.3 is 0 Å². The molecule has 1 fully saturated rings. The van der Waals surface area contributed by atoms with Crippen LogP contribution in [-0.2, 0) is 9.59 Å². The number of benzene rings is 1. The Balaban J connectivity index is 1.38. The van der Waals surface area contributed by atoms with Crippen molar-refractivity contribution in [2.75, 3.05) is 26.2 Å². The van der Waals surface area contributed by atoms with Gasteiger partial charge in [-0.25, -0.2) is 0 Å². The molecule has 128 valence electrons. The average molecular weight is 326 g/mol. The normalized spacial score (nSPS) is 19.5. The van der Waals surface area contributed by atoms with Crippen LogP contribution in [0.5, 0.6) is 0 Å². The van der Waals surface area contributed by atoms with Crippen LogP contribution < -0.4 is 0 Å². The molecule has 0 unspecified atom stereocenters. The number of unbranched alkanes of at least 4 members (excludes halogenated alkanes) is 1. The van der Waals surface area contributed by atoms with Crippen LogP contribution >= 0.6 is 0 Å². The second-order valence-electron chi connectivity index (χ2n) is 6.65. The molecule has 0 aliphatic carbocycles. The third-order valence-electron chi connectivity index (χ3n) is 4.93. The number of rotatable bonds is 6. The molecule has 0 spiro atoms. The Bertz CT molecular complexity index is 593. The Morgan fingerprint density at radius 2 is 1.58 bits per heavy atom. The maximum absolute atomic E-state index is 11.8. The van der Waals surface area contributed by atoms with E-state index >= 15 is 0 Å². The smallest absolute Gasteiger partial charge is 0.229 e. The van der Waals surface area contributed by atoms with Crippen molar-refractivity contribution in [1.29, 1.82) is 0 Å². The lowest BCUT2D eigenvalue weighted by Gasteiger charge is -2.27. The molecule has 0 N–H and O–H groups in total. The summed E-state index contributed by atoms with van der Waals surface area (Å²) in [5.74, 6) is 0.0271. The van der Waals surface area contributed by atoms with Gasteiger partial charge in [-0.1, -0.05) is 36.4 Å². The van der Waals surface area contributed by atoms with Crippen molar-refractivity contribution in [2.45, 2.75) is 38.5 Å². The summed E-state index contributed by atoms with van der Waals surface area (Å²) in [7, 11) is 0. The summed E-state index contributed by atoms with van der Waals surface area (Å²) < 4.78 is 0. The summed E-state index contributed by atoms with van der Waals surface area (Å²) in [4.78, 5) is 27.4. The number of carbonyl (C=O) groups is 2. The van der Waals surface area contributed by atoms with Gasteiger partial charge in [-0.05, 0) is 43.4 Å². The van der Waals surface area contributed by atoms with E-state index in [0.29, 0.717) is 19.4 Å². The van der Waals surface area contributed by atoms with Crippen LogP contribution in [0, 0.1) is 0 Å². The highest BCUT2D eigenvalue weighted by atomic mass is 16.2. The third kappa shape index (κ3) is 4.32. The van der Waals surface area contributed by atoms with E-state index in [1.165, 1.54) is 16.0 Å². The van der Waals surface area contributed by atoms with Gasteiger partial charge in [-0.2, -0.15) is 0 Å². The molecule has 0 aromatic heterocycles. The molecular weight excluding hydrogens is 300 g/mol. The third-order valence-corrected chi connectivity index (χ3v) is 4.93. The molecule has 2 heterocycles. The summed E-state index contributed by atoms with van der Waals surface area (Å²) in [6.07, 6.45) is 7.15. The summed E-state index contributed by atoms with van der Waals surface area (Å²) in [5.41, 5.74) is 2.77. The van der Waals surface area contributed by atoms with E-state index in [-0.39, 0.29) is 11.8 Å². The largest absolute Gasteiger partial charge is 0.299 e. The first-order valence-electron chi connectivity index (χ1n) is 9.04. The highest BCUT2D eigenvalue weighted by molar-refractivity contribution is 5.97. The van der Waals surface area contributed by atoms with Gasteiger partial charge in [0.1, 0.15) is 0 Å². The Morgan fingerprint density at radius 3 is 2.25 bits per heavy atom. The molecule has 2 aliphatic heterocycles. The molecular formula is C20H26N2O2. The van der Waals surface area contributed by atoms with Crippen molar-refractivity contribution in [3.05, 3.63) is 42.0 Å². The van der Waals surface area contributed by atoms with Gasteiger partial charge < -0.3 is 0 Å². The van der Waals surface area contributed by atoms with Gasteiger partial charge in [-0.3, -0.25) is 19.4 Å². The van der Waals surface area contributed by atoms with Crippen molar-refractivity contribution in [3.8, 4) is 0 Å². The molecule has 1 aromatic rings. The number of carbonyl (C=O) groups excluding carboxylic acids is 2. The van der Waals surface area contributed by atoms with Crippen LogP contribution in [0.1, 0.15) is 44.1 Å². The molecule has 0 radical (unpaired) electrons. The Kier molecular flexibility index (Phi) is 5.81. The molecule has 2 aliphatic rings. The molecule has 0 saturated carbocycles. The van der Waals surface area contributed by atoms with Crippen LogP contribution in [0.25, 0.3) is 5.57 Å². The predicted octanol–water partition coefficient (Wildman–Crippen LogP) is 3.10. The topological polar surface area (TPSA) is 40.6 Å². The van der Waals surface area contributed by atoms with E-state index in [0.717, 1.165) is 45.3 Å². The first-order valence-corrected chi connectivity index (χ1v) is 9.04. The van der Waals surface area contributed by atoms with Crippen LogP contribution in [0.3, 0.4) is 0 Å². The predicted molar refractivity (Wildman–Crippen MR) is 95.3 cm³/mol. The second-order valence-corrected chi connectivity index (χ2v) is 6.65. The van der Waals surface area contributed by atoms with Gasteiger partial charge in [-0.15, -0.1) is 0 Å². The fourth-order valence-electron chi connectivity index (χ4n) is 3.48. The van der Waals surface area contributed by atoms with Gasteiger partial charge in [0.25, 0.3) is 0 Å². The Morgan fingerprint density at radius 1 is 0.875 bits per heavy atom. The zero-order valence-electron chi connectivity index (χ0n) is 14.2. The highest BCUT2D eigenvalue weighted by Crippen LogP contribution is 2.22.